The Morgan fingerprint density at radius 3 is 1.27 bits per heavy atom. The molecule has 0 saturated heterocycles. The quantitative estimate of drug-likeness (QED) is 0.0161. The smallest absolute Gasteiger partial charge is 0.306 e. The van der Waals surface area contributed by atoms with Crippen LogP contribution in [0.25, 0.3) is 0 Å². The van der Waals surface area contributed by atoms with Gasteiger partial charge < -0.3 is 28.5 Å². The van der Waals surface area contributed by atoms with Gasteiger partial charge in [-0.25, -0.2) is 0 Å². The van der Waals surface area contributed by atoms with E-state index in [1.807, 2.05) is 33.3 Å². The van der Waals surface area contributed by atoms with Crippen molar-refractivity contribution in [3.8, 4) is 0 Å². The van der Waals surface area contributed by atoms with E-state index in [9.17, 15) is 19.0 Å². The van der Waals surface area contributed by atoms with Crippen molar-refractivity contribution in [1.29, 1.82) is 0 Å². The maximum atomic E-state index is 13.5. The number of esters is 1. The van der Waals surface area contributed by atoms with Gasteiger partial charge in [0.15, 0.2) is 0 Å². The largest absolute Gasteiger partial charge is 0.756 e. The second-order valence-electron chi connectivity index (χ2n) is 23.6. The normalized spacial score (nSPS) is 14.0. The molecule has 456 valence electrons. The number of nitrogens with one attached hydrogen (secondary N) is 1. The molecule has 0 aromatic carbocycles. The topological polar surface area (TPSA) is 114 Å². The Labute approximate surface area is 483 Å². The number of carbonyl (C=O) groups is 2. The van der Waals surface area contributed by atoms with Crippen molar-refractivity contribution in [2.75, 3.05) is 40.9 Å². The van der Waals surface area contributed by atoms with E-state index in [0.717, 1.165) is 70.6 Å². The lowest BCUT2D eigenvalue weighted by Gasteiger charge is -2.30. The Morgan fingerprint density at radius 2 is 0.821 bits per heavy atom. The minimum absolute atomic E-state index is 0.0277. The fraction of sp³-hybridized carbons (Fsp3) is 0.824. The minimum atomic E-state index is -4.71. The standard InChI is InChI=1S/C68H127N2O7P/c1-7-10-13-16-19-22-25-28-30-32-33-34-35-36-37-38-40-43-46-49-52-55-58-61-68(72)77-66(59-56-53-50-47-44-41-27-24-21-18-15-12-9-3)65(64-76-78(73,74)75-63-62-70(4,5)6)69-67(71)60-57-54-51-48-45-42-39-31-29-26-23-20-17-14-11-8-2/h19,22,28,30-31,39,42,45,56,59,65-66H,7-18,20-21,23-27,29,32-38,40-41,43-44,46-55,57-58,60-64H2,1-6H3,(H-,69,71,73,74)/b22-19-,30-28-,39-31+,45-42+,59-56-. The zero-order chi connectivity index (χ0) is 57.2. The lowest BCUT2D eigenvalue weighted by atomic mass is 10.0. The number of allylic oxidation sites excluding steroid dienone is 9. The van der Waals surface area contributed by atoms with Crippen LogP contribution in [-0.4, -0.2) is 69.4 Å². The summed E-state index contributed by atoms with van der Waals surface area (Å²) in [7, 11) is 1.17. The number of unbranched alkanes of at least 4 members (excludes halogenated alkanes) is 37. The molecule has 0 aliphatic carbocycles. The molecule has 0 aliphatic heterocycles. The highest BCUT2D eigenvalue weighted by Crippen LogP contribution is 2.38. The van der Waals surface area contributed by atoms with E-state index in [2.05, 4.69) is 74.7 Å². The highest BCUT2D eigenvalue weighted by Gasteiger charge is 2.27. The van der Waals surface area contributed by atoms with Gasteiger partial charge in [0.05, 0.1) is 33.8 Å². The first kappa shape index (κ1) is 75.7. The summed E-state index contributed by atoms with van der Waals surface area (Å²) in [6.07, 6.45) is 73.3. The average molecular weight is 1120 g/mol. The summed E-state index contributed by atoms with van der Waals surface area (Å²) in [5, 5.41) is 3.02. The summed E-state index contributed by atoms with van der Waals surface area (Å²) >= 11 is 0. The lowest BCUT2D eigenvalue weighted by molar-refractivity contribution is -0.870. The van der Waals surface area contributed by atoms with E-state index < -0.39 is 26.6 Å². The fourth-order valence-electron chi connectivity index (χ4n) is 9.54. The molecule has 0 fully saturated rings. The van der Waals surface area contributed by atoms with E-state index in [4.69, 9.17) is 13.8 Å². The van der Waals surface area contributed by atoms with Gasteiger partial charge >= 0.3 is 5.97 Å². The van der Waals surface area contributed by atoms with E-state index in [1.54, 1.807) is 0 Å². The van der Waals surface area contributed by atoms with Crippen LogP contribution in [0, 0.1) is 0 Å². The molecule has 3 unspecified atom stereocenters. The number of ether oxygens (including phenoxy) is 1. The molecule has 9 nitrogen and oxygen atoms in total. The van der Waals surface area contributed by atoms with Gasteiger partial charge in [-0.1, -0.05) is 268 Å². The molecule has 0 saturated carbocycles. The maximum Gasteiger partial charge on any atom is 0.306 e. The molecule has 0 aromatic heterocycles. The molecular formula is C68H127N2O7P. The van der Waals surface area contributed by atoms with Crippen LogP contribution in [0.3, 0.4) is 0 Å². The van der Waals surface area contributed by atoms with E-state index in [-0.39, 0.29) is 31.3 Å². The fourth-order valence-corrected chi connectivity index (χ4v) is 10.3. The van der Waals surface area contributed by atoms with Gasteiger partial charge in [0.25, 0.3) is 7.82 Å². The van der Waals surface area contributed by atoms with Crippen molar-refractivity contribution in [3.05, 3.63) is 60.8 Å². The van der Waals surface area contributed by atoms with E-state index >= 15 is 0 Å². The Kier molecular flexibility index (Phi) is 56.2. The van der Waals surface area contributed by atoms with E-state index in [1.165, 1.54) is 199 Å². The van der Waals surface area contributed by atoms with Crippen LogP contribution in [0.1, 0.15) is 310 Å². The Morgan fingerprint density at radius 1 is 0.462 bits per heavy atom. The Balaban J connectivity index is 5.20. The van der Waals surface area contributed by atoms with Crippen molar-refractivity contribution in [2.45, 2.75) is 322 Å². The van der Waals surface area contributed by atoms with Gasteiger partial charge in [0, 0.05) is 12.8 Å². The summed E-state index contributed by atoms with van der Waals surface area (Å²) < 4.78 is 30.4. The first-order valence-corrected chi connectivity index (χ1v) is 34.6. The summed E-state index contributed by atoms with van der Waals surface area (Å²) in [6, 6.07) is -0.903. The van der Waals surface area contributed by atoms with Crippen LogP contribution in [0.4, 0.5) is 0 Å². The zero-order valence-corrected chi connectivity index (χ0v) is 53.0. The van der Waals surface area contributed by atoms with Crippen LogP contribution in [0.15, 0.2) is 60.8 Å². The number of carbonyl (C=O) groups excluding carboxylic acids is 2. The molecule has 0 bridgehead atoms. The number of likely N-dealkylation sites (N-methyl/N-ethyl adjacent to an activating group) is 1. The van der Waals surface area contributed by atoms with Gasteiger partial charge in [-0.15, -0.1) is 0 Å². The third-order valence-electron chi connectivity index (χ3n) is 14.7. The van der Waals surface area contributed by atoms with Gasteiger partial charge in [0.1, 0.15) is 19.3 Å². The predicted molar refractivity (Wildman–Crippen MR) is 335 cm³/mol. The first-order chi connectivity index (χ1) is 37.9. The molecule has 0 aromatic rings. The zero-order valence-electron chi connectivity index (χ0n) is 52.1. The van der Waals surface area contributed by atoms with Gasteiger partial charge in [-0.05, 0) is 89.5 Å². The lowest BCUT2D eigenvalue weighted by Crippen LogP contribution is -2.47. The number of phosphoric acid groups is 1. The second-order valence-corrected chi connectivity index (χ2v) is 25.1. The summed E-state index contributed by atoms with van der Waals surface area (Å²) in [4.78, 5) is 40.1. The summed E-state index contributed by atoms with van der Waals surface area (Å²) in [6.45, 7) is 6.82. The van der Waals surface area contributed by atoms with Crippen molar-refractivity contribution in [1.82, 2.24) is 5.32 Å². The molecule has 78 heavy (non-hydrogen) atoms. The van der Waals surface area contributed by atoms with Crippen molar-refractivity contribution < 1.29 is 37.3 Å². The Bertz CT molecular complexity index is 1520. The monoisotopic (exact) mass is 1110 g/mol. The number of nitrogens with zero attached hydrogens (tertiary/aromatic N) is 1. The molecular weight excluding hydrogens is 988 g/mol. The molecule has 0 rings (SSSR count). The van der Waals surface area contributed by atoms with Gasteiger partial charge in [0.2, 0.25) is 5.91 Å². The number of quaternary nitrogens is 1. The second kappa shape index (κ2) is 57.9. The molecule has 1 N–H and O–H groups in total. The molecule has 0 heterocycles. The predicted octanol–water partition coefficient (Wildman–Crippen LogP) is 20.0. The van der Waals surface area contributed by atoms with Crippen LogP contribution in [-0.2, 0) is 27.9 Å². The molecule has 0 aliphatic rings. The van der Waals surface area contributed by atoms with Gasteiger partial charge in [-0.3, -0.25) is 14.2 Å². The van der Waals surface area contributed by atoms with Crippen LogP contribution in [0.2, 0.25) is 0 Å². The summed E-state index contributed by atoms with van der Waals surface area (Å²) in [5.74, 6) is -0.564. The minimum Gasteiger partial charge on any atom is -0.756 e. The molecule has 0 spiro atoms. The highest BCUT2D eigenvalue weighted by molar-refractivity contribution is 7.45. The average Bonchev–Trinajstić information content (AvgIpc) is 3.40. The Hall–Kier alpha value is -2.29. The van der Waals surface area contributed by atoms with Crippen molar-refractivity contribution in [3.63, 3.8) is 0 Å². The number of phosphoric ester groups is 1. The SMILES string of the molecule is CCCCC/C=C\C/C=C\CCCCCCCCCCCCCCCC(=O)OC(/C=C\CCCCCCCCCCCCC)C(COP(=O)([O-])OCC[N+](C)(C)C)NC(=O)CCCCC/C=C/C=C/CCCCCCCCC. The van der Waals surface area contributed by atoms with Gasteiger partial charge in [-0.2, -0.15) is 0 Å². The first-order valence-electron chi connectivity index (χ1n) is 33.1. The number of amides is 1. The third-order valence-corrected chi connectivity index (χ3v) is 15.7. The molecule has 1 amide bonds. The van der Waals surface area contributed by atoms with Crippen LogP contribution >= 0.6 is 7.82 Å². The number of hydrogen-bond acceptors (Lipinski definition) is 7. The van der Waals surface area contributed by atoms with Crippen LogP contribution in [0.5, 0.6) is 0 Å². The number of rotatable bonds is 60. The third kappa shape index (κ3) is 58.4. The van der Waals surface area contributed by atoms with Crippen molar-refractivity contribution >= 4 is 19.7 Å². The molecule has 10 heteroatoms. The maximum absolute atomic E-state index is 13.5. The van der Waals surface area contributed by atoms with Crippen LogP contribution < -0.4 is 10.2 Å². The summed E-state index contributed by atoms with van der Waals surface area (Å²) in [5.41, 5.74) is 0. The van der Waals surface area contributed by atoms with E-state index in [0.29, 0.717) is 17.4 Å². The molecule has 3 atom stereocenters. The van der Waals surface area contributed by atoms with Crippen molar-refractivity contribution in [2.24, 2.45) is 0 Å². The number of hydrogen-bond donors (Lipinski definition) is 1. The molecule has 0 radical (unpaired) electrons. The highest BCUT2D eigenvalue weighted by atomic mass is 31.2.